The minimum Gasteiger partial charge on any atom is -0.491 e. The third-order valence-corrected chi connectivity index (χ3v) is 6.44. The standard InChI is InChI=1S/C24H32N4O4/c1-18-12-25-22(26-13-18)14-27-23(30)21-16-28(17-24(21)5-8-31-9-6-24)15-19-3-2-4-20(11-19)32-10-7-29/h2-4,11-13,21,29H,5-10,14-17H2,1H3,(H,27,30). The molecule has 1 atom stereocenters. The summed E-state index contributed by atoms with van der Waals surface area (Å²) in [5, 5.41) is 12.1. The average Bonchev–Trinajstić information content (AvgIpc) is 3.14. The molecular weight excluding hydrogens is 408 g/mol. The Kier molecular flexibility index (Phi) is 7.34. The number of hydrogen-bond donors (Lipinski definition) is 2. The summed E-state index contributed by atoms with van der Waals surface area (Å²) in [6.07, 6.45) is 5.32. The number of likely N-dealkylation sites (tertiary alicyclic amines) is 1. The van der Waals surface area contributed by atoms with E-state index >= 15 is 0 Å². The zero-order valence-corrected chi connectivity index (χ0v) is 18.6. The van der Waals surface area contributed by atoms with Crippen molar-refractivity contribution < 1.29 is 19.4 Å². The molecule has 1 aromatic carbocycles. The maximum atomic E-state index is 13.3. The fraction of sp³-hybridized carbons (Fsp3) is 0.542. The first-order valence-corrected chi connectivity index (χ1v) is 11.3. The summed E-state index contributed by atoms with van der Waals surface area (Å²) in [4.78, 5) is 24.2. The largest absolute Gasteiger partial charge is 0.491 e. The molecule has 8 heteroatoms. The van der Waals surface area contributed by atoms with E-state index in [1.54, 1.807) is 12.4 Å². The van der Waals surface area contributed by atoms with Gasteiger partial charge in [0.1, 0.15) is 18.2 Å². The van der Waals surface area contributed by atoms with E-state index in [1.807, 2.05) is 25.1 Å². The normalized spacial score (nSPS) is 20.4. The van der Waals surface area contributed by atoms with Crippen molar-refractivity contribution in [3.8, 4) is 5.75 Å². The van der Waals surface area contributed by atoms with E-state index < -0.39 is 0 Å². The predicted octanol–water partition coefficient (Wildman–Crippen LogP) is 1.70. The van der Waals surface area contributed by atoms with E-state index in [4.69, 9.17) is 14.6 Å². The Hall–Kier alpha value is -2.55. The molecule has 1 amide bonds. The van der Waals surface area contributed by atoms with E-state index in [-0.39, 0.29) is 30.5 Å². The first kappa shape index (κ1) is 22.6. The molecule has 172 valence electrons. The lowest BCUT2D eigenvalue weighted by atomic mass is 9.72. The van der Waals surface area contributed by atoms with Gasteiger partial charge in [0, 0.05) is 50.7 Å². The fourth-order valence-corrected chi connectivity index (χ4v) is 4.79. The van der Waals surface area contributed by atoms with Gasteiger partial charge in [0.15, 0.2) is 0 Å². The molecule has 2 fully saturated rings. The zero-order chi connectivity index (χ0) is 22.4. The Balaban J connectivity index is 1.43. The summed E-state index contributed by atoms with van der Waals surface area (Å²) in [7, 11) is 0. The average molecular weight is 441 g/mol. The van der Waals surface area contributed by atoms with Gasteiger partial charge in [-0.05, 0) is 43.0 Å². The number of ether oxygens (including phenoxy) is 2. The highest BCUT2D eigenvalue weighted by Gasteiger charge is 2.50. The van der Waals surface area contributed by atoms with Crippen molar-refractivity contribution in [3.05, 3.63) is 53.6 Å². The van der Waals surface area contributed by atoms with Gasteiger partial charge in [0.25, 0.3) is 0 Å². The number of rotatable bonds is 8. The lowest BCUT2D eigenvalue weighted by Gasteiger charge is -2.37. The van der Waals surface area contributed by atoms with Gasteiger partial charge in [-0.15, -0.1) is 0 Å². The van der Waals surface area contributed by atoms with Crippen molar-refractivity contribution in [2.24, 2.45) is 11.3 Å². The van der Waals surface area contributed by atoms with Crippen LogP contribution < -0.4 is 10.1 Å². The Morgan fingerprint density at radius 3 is 2.84 bits per heavy atom. The highest BCUT2D eigenvalue weighted by molar-refractivity contribution is 5.80. The highest BCUT2D eigenvalue weighted by Crippen LogP contribution is 2.44. The van der Waals surface area contributed by atoms with Gasteiger partial charge in [0.2, 0.25) is 5.91 Å². The van der Waals surface area contributed by atoms with Crippen LogP contribution in [0.3, 0.4) is 0 Å². The molecule has 2 aliphatic heterocycles. The molecule has 2 N–H and O–H groups in total. The number of benzene rings is 1. The Morgan fingerprint density at radius 2 is 2.09 bits per heavy atom. The number of carbonyl (C=O) groups excluding carboxylic acids is 1. The number of hydrogen-bond acceptors (Lipinski definition) is 7. The van der Waals surface area contributed by atoms with Crippen LogP contribution in [0.2, 0.25) is 0 Å². The maximum absolute atomic E-state index is 13.3. The summed E-state index contributed by atoms with van der Waals surface area (Å²) >= 11 is 0. The molecule has 0 bridgehead atoms. The molecule has 0 aliphatic carbocycles. The molecule has 1 unspecified atom stereocenters. The van der Waals surface area contributed by atoms with Crippen molar-refractivity contribution in [1.29, 1.82) is 0 Å². The van der Waals surface area contributed by atoms with Gasteiger partial charge in [-0.3, -0.25) is 9.69 Å². The highest BCUT2D eigenvalue weighted by atomic mass is 16.5. The number of aliphatic hydroxyl groups is 1. The van der Waals surface area contributed by atoms with E-state index in [2.05, 4.69) is 26.3 Å². The molecule has 1 spiro atoms. The molecule has 0 radical (unpaired) electrons. The smallest absolute Gasteiger partial charge is 0.225 e. The Bertz CT molecular complexity index is 899. The fourth-order valence-electron chi connectivity index (χ4n) is 4.79. The number of aromatic nitrogens is 2. The number of carbonyl (C=O) groups is 1. The molecule has 1 aromatic heterocycles. The molecular formula is C24H32N4O4. The number of aliphatic hydroxyl groups excluding tert-OH is 1. The number of amides is 1. The van der Waals surface area contributed by atoms with Gasteiger partial charge in [0.05, 0.1) is 19.1 Å². The third kappa shape index (κ3) is 5.43. The summed E-state index contributed by atoms with van der Waals surface area (Å²) in [5.74, 6) is 1.35. The van der Waals surface area contributed by atoms with E-state index in [9.17, 15) is 4.79 Å². The van der Waals surface area contributed by atoms with Crippen molar-refractivity contribution in [3.63, 3.8) is 0 Å². The van der Waals surface area contributed by atoms with Gasteiger partial charge < -0.3 is 19.9 Å². The summed E-state index contributed by atoms with van der Waals surface area (Å²) in [6.45, 7) is 6.29. The maximum Gasteiger partial charge on any atom is 0.225 e. The first-order chi connectivity index (χ1) is 15.6. The molecule has 2 aliphatic rings. The van der Waals surface area contributed by atoms with Crippen LogP contribution in [-0.4, -0.2) is 65.4 Å². The molecule has 2 aromatic rings. The first-order valence-electron chi connectivity index (χ1n) is 11.3. The summed E-state index contributed by atoms with van der Waals surface area (Å²) < 4.78 is 11.2. The third-order valence-electron chi connectivity index (χ3n) is 6.44. The second-order valence-electron chi connectivity index (χ2n) is 8.81. The van der Waals surface area contributed by atoms with Crippen LogP contribution in [0.4, 0.5) is 0 Å². The molecule has 4 rings (SSSR count). The molecule has 0 saturated carbocycles. The van der Waals surface area contributed by atoms with Gasteiger partial charge in [-0.1, -0.05) is 12.1 Å². The van der Waals surface area contributed by atoms with E-state index in [0.717, 1.165) is 42.8 Å². The van der Waals surface area contributed by atoms with Gasteiger partial charge in [-0.25, -0.2) is 9.97 Å². The van der Waals surface area contributed by atoms with Crippen molar-refractivity contribution in [2.45, 2.75) is 32.9 Å². The number of nitrogens with zero attached hydrogens (tertiary/aromatic N) is 3. The van der Waals surface area contributed by atoms with Crippen LogP contribution in [0.25, 0.3) is 0 Å². The van der Waals surface area contributed by atoms with Crippen LogP contribution >= 0.6 is 0 Å². The minimum absolute atomic E-state index is 0.00857. The van der Waals surface area contributed by atoms with Crippen molar-refractivity contribution in [2.75, 3.05) is 39.5 Å². The van der Waals surface area contributed by atoms with Crippen LogP contribution in [0, 0.1) is 18.3 Å². The molecule has 2 saturated heterocycles. The second kappa shape index (κ2) is 10.4. The van der Waals surface area contributed by atoms with Crippen LogP contribution in [0.1, 0.15) is 29.8 Å². The number of aryl methyl sites for hydroxylation is 1. The zero-order valence-electron chi connectivity index (χ0n) is 18.6. The topological polar surface area (TPSA) is 96.8 Å². The number of nitrogens with one attached hydrogen (secondary N) is 1. The van der Waals surface area contributed by atoms with Gasteiger partial charge in [-0.2, -0.15) is 0 Å². The van der Waals surface area contributed by atoms with Gasteiger partial charge >= 0.3 is 0 Å². The minimum atomic E-state index is -0.0920. The quantitative estimate of drug-likeness (QED) is 0.645. The van der Waals surface area contributed by atoms with E-state index in [0.29, 0.717) is 32.1 Å². The van der Waals surface area contributed by atoms with Crippen molar-refractivity contribution in [1.82, 2.24) is 20.2 Å². The van der Waals surface area contributed by atoms with Crippen LogP contribution in [0.15, 0.2) is 36.7 Å². The van der Waals surface area contributed by atoms with Crippen LogP contribution in [0.5, 0.6) is 5.75 Å². The van der Waals surface area contributed by atoms with Crippen LogP contribution in [-0.2, 0) is 22.6 Å². The predicted molar refractivity (Wildman–Crippen MR) is 119 cm³/mol. The SMILES string of the molecule is Cc1cnc(CNC(=O)C2CN(Cc3cccc(OCCO)c3)CC23CCOCC3)nc1. The van der Waals surface area contributed by atoms with E-state index in [1.165, 1.54) is 0 Å². The second-order valence-corrected chi connectivity index (χ2v) is 8.81. The lowest BCUT2D eigenvalue weighted by Crippen LogP contribution is -2.44. The monoisotopic (exact) mass is 440 g/mol. The lowest BCUT2D eigenvalue weighted by molar-refractivity contribution is -0.130. The van der Waals surface area contributed by atoms with Crippen molar-refractivity contribution >= 4 is 5.91 Å². The Morgan fingerprint density at radius 1 is 1.31 bits per heavy atom. The Labute approximate surface area is 189 Å². The molecule has 3 heterocycles. The molecule has 8 nitrogen and oxygen atoms in total. The molecule has 32 heavy (non-hydrogen) atoms. The summed E-state index contributed by atoms with van der Waals surface area (Å²) in [5.41, 5.74) is 2.07. The summed E-state index contributed by atoms with van der Waals surface area (Å²) in [6, 6.07) is 7.94.